The van der Waals surface area contributed by atoms with Gasteiger partial charge < -0.3 is 5.73 Å². The van der Waals surface area contributed by atoms with Crippen molar-refractivity contribution in [1.82, 2.24) is 4.98 Å². The van der Waals surface area contributed by atoms with E-state index in [0.29, 0.717) is 0 Å². The summed E-state index contributed by atoms with van der Waals surface area (Å²) in [4.78, 5) is 4.69. The summed E-state index contributed by atoms with van der Waals surface area (Å²) in [5, 5.41) is 2.30. The van der Waals surface area contributed by atoms with Gasteiger partial charge in [-0.25, -0.2) is 4.98 Å². The first kappa shape index (κ1) is 12.4. The molecule has 2 aromatic rings. The molecule has 0 aliphatic heterocycles. The van der Waals surface area contributed by atoms with Gasteiger partial charge >= 0.3 is 0 Å². The number of rotatable bonds is 4. The number of nitrogens with two attached hydrogens (primary N) is 1. The van der Waals surface area contributed by atoms with Gasteiger partial charge in [0.15, 0.2) is 0 Å². The predicted molar refractivity (Wildman–Crippen MR) is 75.5 cm³/mol. The van der Waals surface area contributed by atoms with Crippen LogP contribution in [0.5, 0.6) is 0 Å². The van der Waals surface area contributed by atoms with Crippen LogP contribution in [0.1, 0.15) is 18.9 Å². The summed E-state index contributed by atoms with van der Waals surface area (Å²) >= 11 is 1.70. The van der Waals surface area contributed by atoms with E-state index in [0.717, 1.165) is 23.4 Å². The minimum Gasteiger partial charge on any atom is -0.327 e. The van der Waals surface area contributed by atoms with Crippen LogP contribution in [-0.2, 0) is 6.42 Å². The SMILES string of the molecule is CCC(N)Cc1cc2ccccc2nc1SC. The maximum atomic E-state index is 6.04. The molecule has 0 aliphatic rings. The highest BCUT2D eigenvalue weighted by atomic mass is 32.2. The summed E-state index contributed by atoms with van der Waals surface area (Å²) in [5.41, 5.74) is 8.37. The van der Waals surface area contributed by atoms with Gasteiger partial charge in [-0.3, -0.25) is 0 Å². The van der Waals surface area contributed by atoms with E-state index in [9.17, 15) is 0 Å². The van der Waals surface area contributed by atoms with Crippen molar-refractivity contribution in [1.29, 1.82) is 0 Å². The Kier molecular flexibility index (Phi) is 4.02. The summed E-state index contributed by atoms with van der Waals surface area (Å²) in [5.74, 6) is 0. The van der Waals surface area contributed by atoms with Crippen LogP contribution in [0, 0.1) is 0 Å². The molecule has 0 saturated heterocycles. The van der Waals surface area contributed by atoms with Crippen LogP contribution < -0.4 is 5.73 Å². The zero-order valence-corrected chi connectivity index (χ0v) is 11.1. The van der Waals surface area contributed by atoms with Crippen LogP contribution in [0.25, 0.3) is 10.9 Å². The molecule has 2 N–H and O–H groups in total. The molecule has 2 nitrogen and oxygen atoms in total. The molecule has 3 heteroatoms. The highest BCUT2D eigenvalue weighted by molar-refractivity contribution is 7.98. The summed E-state index contributed by atoms with van der Waals surface area (Å²) in [6.45, 7) is 2.12. The number of nitrogens with zero attached hydrogens (tertiary/aromatic N) is 1. The van der Waals surface area contributed by atoms with E-state index in [2.05, 4.69) is 36.4 Å². The summed E-state index contributed by atoms with van der Waals surface area (Å²) in [6, 6.07) is 10.7. The molecule has 90 valence electrons. The normalized spacial score (nSPS) is 12.9. The molecule has 0 spiro atoms. The Balaban J connectivity index is 2.45. The van der Waals surface area contributed by atoms with Gasteiger partial charge in [-0.05, 0) is 36.8 Å². The standard InChI is InChI=1S/C14H18N2S/c1-3-12(15)9-11-8-10-6-4-5-7-13(10)16-14(11)17-2/h4-8,12H,3,9,15H2,1-2H3. The fraction of sp³-hybridized carbons (Fsp3) is 0.357. The Morgan fingerprint density at radius 3 is 2.82 bits per heavy atom. The topological polar surface area (TPSA) is 38.9 Å². The van der Waals surface area contributed by atoms with Crippen molar-refractivity contribution in [2.75, 3.05) is 6.26 Å². The van der Waals surface area contributed by atoms with Crippen molar-refractivity contribution < 1.29 is 0 Å². The smallest absolute Gasteiger partial charge is 0.0997 e. The van der Waals surface area contributed by atoms with E-state index in [-0.39, 0.29) is 6.04 Å². The summed E-state index contributed by atoms with van der Waals surface area (Å²) < 4.78 is 0. The minimum absolute atomic E-state index is 0.226. The van der Waals surface area contributed by atoms with Crippen molar-refractivity contribution in [2.45, 2.75) is 30.8 Å². The first-order valence-corrected chi connectivity index (χ1v) is 7.15. The van der Waals surface area contributed by atoms with Crippen molar-refractivity contribution in [3.05, 3.63) is 35.9 Å². The van der Waals surface area contributed by atoms with Crippen molar-refractivity contribution in [3.63, 3.8) is 0 Å². The second-order valence-corrected chi connectivity index (χ2v) is 5.02. The zero-order valence-electron chi connectivity index (χ0n) is 10.3. The maximum absolute atomic E-state index is 6.04. The van der Waals surface area contributed by atoms with Crippen LogP contribution in [0.15, 0.2) is 35.4 Å². The summed E-state index contributed by atoms with van der Waals surface area (Å²) in [6.07, 6.45) is 3.98. The third-order valence-electron chi connectivity index (χ3n) is 2.96. The number of fused-ring (bicyclic) bond motifs is 1. The van der Waals surface area contributed by atoms with Crippen LogP contribution in [0.3, 0.4) is 0 Å². The Bertz CT molecular complexity index is 511. The fourth-order valence-electron chi connectivity index (χ4n) is 1.89. The van der Waals surface area contributed by atoms with Gasteiger partial charge in [0, 0.05) is 11.4 Å². The quantitative estimate of drug-likeness (QED) is 0.842. The molecule has 1 atom stereocenters. The average Bonchev–Trinajstić information content (AvgIpc) is 2.37. The third-order valence-corrected chi connectivity index (χ3v) is 3.70. The van der Waals surface area contributed by atoms with Crippen molar-refractivity contribution >= 4 is 22.7 Å². The van der Waals surface area contributed by atoms with Gasteiger partial charge in [-0.2, -0.15) is 0 Å². The Labute approximate surface area is 107 Å². The molecule has 0 aliphatic carbocycles. The lowest BCUT2D eigenvalue weighted by atomic mass is 10.0. The van der Waals surface area contributed by atoms with Gasteiger partial charge in [-0.15, -0.1) is 11.8 Å². The van der Waals surface area contributed by atoms with Crippen molar-refractivity contribution in [2.24, 2.45) is 5.73 Å². The second-order valence-electron chi connectivity index (χ2n) is 4.22. The van der Waals surface area contributed by atoms with Gasteiger partial charge in [0.1, 0.15) is 0 Å². The van der Waals surface area contributed by atoms with Crippen LogP contribution in [0.4, 0.5) is 0 Å². The molecule has 1 aromatic heterocycles. The lowest BCUT2D eigenvalue weighted by Crippen LogP contribution is -2.21. The van der Waals surface area contributed by atoms with Gasteiger partial charge in [0.05, 0.1) is 10.5 Å². The van der Waals surface area contributed by atoms with Gasteiger partial charge in [0.2, 0.25) is 0 Å². The molecule has 1 heterocycles. The Morgan fingerprint density at radius 1 is 1.35 bits per heavy atom. The molecule has 0 bridgehead atoms. The monoisotopic (exact) mass is 246 g/mol. The fourth-order valence-corrected chi connectivity index (χ4v) is 2.49. The number of benzene rings is 1. The number of thioether (sulfide) groups is 1. The van der Waals surface area contributed by atoms with Crippen LogP contribution in [-0.4, -0.2) is 17.3 Å². The highest BCUT2D eigenvalue weighted by Crippen LogP contribution is 2.24. The van der Waals surface area contributed by atoms with Gasteiger partial charge in [-0.1, -0.05) is 25.1 Å². The molecular formula is C14H18N2S. The Morgan fingerprint density at radius 2 is 2.12 bits per heavy atom. The number of hydrogen-bond donors (Lipinski definition) is 1. The van der Waals surface area contributed by atoms with Crippen molar-refractivity contribution in [3.8, 4) is 0 Å². The minimum atomic E-state index is 0.226. The zero-order chi connectivity index (χ0) is 12.3. The maximum Gasteiger partial charge on any atom is 0.0997 e. The Hall–Kier alpha value is -1.06. The highest BCUT2D eigenvalue weighted by Gasteiger charge is 2.09. The van der Waals surface area contributed by atoms with E-state index in [4.69, 9.17) is 5.73 Å². The molecule has 0 amide bonds. The molecule has 17 heavy (non-hydrogen) atoms. The lowest BCUT2D eigenvalue weighted by molar-refractivity contribution is 0.639. The number of hydrogen-bond acceptors (Lipinski definition) is 3. The third kappa shape index (κ3) is 2.79. The van der Waals surface area contributed by atoms with E-state index < -0.39 is 0 Å². The molecule has 0 fully saturated rings. The van der Waals surface area contributed by atoms with Crippen LogP contribution in [0.2, 0.25) is 0 Å². The molecule has 1 aromatic carbocycles. The average molecular weight is 246 g/mol. The summed E-state index contributed by atoms with van der Waals surface area (Å²) in [7, 11) is 0. The molecule has 1 unspecified atom stereocenters. The molecule has 0 saturated carbocycles. The molecular weight excluding hydrogens is 228 g/mol. The number of aromatic nitrogens is 1. The second kappa shape index (κ2) is 5.52. The van der Waals surface area contributed by atoms with Crippen LogP contribution >= 0.6 is 11.8 Å². The molecule has 2 rings (SSSR count). The first-order valence-electron chi connectivity index (χ1n) is 5.92. The van der Waals surface area contributed by atoms with E-state index >= 15 is 0 Å². The largest absolute Gasteiger partial charge is 0.327 e. The number of pyridine rings is 1. The van der Waals surface area contributed by atoms with E-state index in [1.54, 1.807) is 11.8 Å². The first-order chi connectivity index (χ1) is 8.24. The van der Waals surface area contributed by atoms with Gasteiger partial charge in [0.25, 0.3) is 0 Å². The predicted octanol–water partition coefficient (Wildman–Crippen LogP) is 3.24. The van der Waals surface area contributed by atoms with E-state index in [1.165, 1.54) is 10.9 Å². The van der Waals surface area contributed by atoms with E-state index in [1.807, 2.05) is 12.1 Å². The number of para-hydroxylation sites is 1. The lowest BCUT2D eigenvalue weighted by Gasteiger charge is -2.12. The molecule has 0 radical (unpaired) electrons.